The molecular formula is C64H72. The third-order valence-electron chi connectivity index (χ3n) is 14.4. The molecule has 0 radical (unpaired) electrons. The highest BCUT2D eigenvalue weighted by molar-refractivity contribution is 6.35. The molecule has 64 heavy (non-hydrogen) atoms. The molecule has 0 unspecified atom stereocenters. The Kier molecular flexibility index (Phi) is 9.73. The molecule has 10 aromatic carbocycles. The van der Waals surface area contributed by atoms with Gasteiger partial charge in [-0.15, -0.1) is 0 Å². The van der Waals surface area contributed by atoms with Gasteiger partial charge in [0.25, 0.3) is 0 Å². The SMILES string of the molecule is CC(C)(C)c1ccc2c3ccc(C(C)(C)C)c4c(C(C)(C)C)ccc(c5ccc(C(C)(C)C)c1c25)c43.CC(C)(C)c1ccc2c3cccc4cccc(c5ccc(C(C)(C)C)c1c25)c43. The molecule has 0 N–H and O–H groups in total. The van der Waals surface area contributed by atoms with E-state index >= 15 is 0 Å². The van der Waals surface area contributed by atoms with E-state index in [0.29, 0.717) is 0 Å². The van der Waals surface area contributed by atoms with Crippen LogP contribution in [0.1, 0.15) is 158 Å². The second kappa shape index (κ2) is 14.1. The lowest BCUT2D eigenvalue weighted by Crippen LogP contribution is -2.18. The number of benzene rings is 10. The maximum absolute atomic E-state index is 2.42. The minimum atomic E-state index is 0.0684. The smallest absolute Gasteiger partial charge is 0.00204 e. The summed E-state index contributed by atoms with van der Waals surface area (Å²) in [5, 5.41) is 22.5. The lowest BCUT2D eigenvalue weighted by molar-refractivity contribution is 0.580. The van der Waals surface area contributed by atoms with Crippen molar-refractivity contribution in [3.05, 3.63) is 143 Å². The maximum Gasteiger partial charge on any atom is -0.00204 e. The Hall–Kier alpha value is -5.20. The third kappa shape index (κ3) is 6.84. The van der Waals surface area contributed by atoms with Crippen LogP contribution in [0.15, 0.2) is 109 Å². The van der Waals surface area contributed by atoms with Gasteiger partial charge in [-0.2, -0.15) is 0 Å². The minimum absolute atomic E-state index is 0.0684. The highest BCUT2D eigenvalue weighted by atomic mass is 14.3. The molecule has 0 spiro atoms. The van der Waals surface area contributed by atoms with Crippen molar-refractivity contribution in [2.24, 2.45) is 0 Å². The van der Waals surface area contributed by atoms with Gasteiger partial charge in [0, 0.05) is 0 Å². The summed E-state index contributed by atoms with van der Waals surface area (Å²) in [6, 6.07) is 42.3. The van der Waals surface area contributed by atoms with Crippen molar-refractivity contribution in [2.45, 2.75) is 157 Å². The number of hydrogen-bond acceptors (Lipinski definition) is 0. The Morgan fingerprint density at radius 3 is 0.562 bits per heavy atom. The fourth-order valence-electron chi connectivity index (χ4n) is 11.4. The summed E-state index contributed by atoms with van der Waals surface area (Å²) in [6.45, 7) is 42.2. The molecule has 0 atom stereocenters. The molecule has 0 aliphatic carbocycles. The first-order valence-corrected chi connectivity index (χ1v) is 24.0. The lowest BCUT2D eigenvalue weighted by atomic mass is 9.72. The van der Waals surface area contributed by atoms with Crippen LogP contribution in [0.5, 0.6) is 0 Å². The Morgan fingerprint density at radius 2 is 0.375 bits per heavy atom. The van der Waals surface area contributed by atoms with Crippen LogP contribution in [-0.2, 0) is 32.5 Å². The predicted molar refractivity (Wildman–Crippen MR) is 288 cm³/mol. The standard InChI is InChI=1S/C36H44.C28H28/c1-33(2,3)25-17-13-21-23-15-19-27(35(7,8)9)32-28(36(10,11)12)20-16-24(30(23)32)22-14-18-26(34(4,5)6)31(25)29(21)22;1-27(2,3)22-15-13-20-18-11-7-9-17-10-8-12-19(24(17)18)21-14-16-23(28(4,5)6)26(22)25(20)21/h13-20H,1-12H3;7-16H,1-6H3. The van der Waals surface area contributed by atoms with Crippen molar-refractivity contribution in [3.8, 4) is 0 Å². The van der Waals surface area contributed by atoms with Gasteiger partial charge in [-0.3, -0.25) is 0 Å². The number of fused-ring (bicyclic) bond motifs is 4. The minimum Gasteiger partial charge on any atom is -0.0610 e. The second-order valence-corrected chi connectivity index (χ2v) is 25.4. The summed E-state index contributed by atoms with van der Waals surface area (Å²) in [7, 11) is 0. The zero-order valence-corrected chi connectivity index (χ0v) is 42.4. The van der Waals surface area contributed by atoms with Gasteiger partial charge >= 0.3 is 0 Å². The van der Waals surface area contributed by atoms with E-state index in [4.69, 9.17) is 0 Å². The topological polar surface area (TPSA) is 0 Å². The summed E-state index contributed by atoms with van der Waals surface area (Å²) < 4.78 is 0. The molecule has 0 fully saturated rings. The monoisotopic (exact) mass is 841 g/mol. The van der Waals surface area contributed by atoms with E-state index in [1.54, 1.807) is 0 Å². The molecule has 0 saturated carbocycles. The summed E-state index contributed by atoms with van der Waals surface area (Å²) in [5.74, 6) is 0. The molecular weight excluding hydrogens is 769 g/mol. The van der Waals surface area contributed by atoms with Crippen molar-refractivity contribution < 1.29 is 0 Å². The van der Waals surface area contributed by atoms with Crippen LogP contribution < -0.4 is 0 Å². The molecule has 0 heterocycles. The molecule has 10 rings (SSSR count). The van der Waals surface area contributed by atoms with Crippen LogP contribution >= 0.6 is 0 Å². The Bertz CT molecular complexity index is 3110. The molecule has 0 aliphatic rings. The molecule has 328 valence electrons. The van der Waals surface area contributed by atoms with Gasteiger partial charge < -0.3 is 0 Å². The molecule has 0 nitrogen and oxygen atoms in total. The molecule has 0 amide bonds. The van der Waals surface area contributed by atoms with Gasteiger partial charge in [-0.05, 0) is 152 Å². The van der Waals surface area contributed by atoms with Crippen LogP contribution in [0, 0.1) is 0 Å². The molecule has 0 saturated heterocycles. The van der Waals surface area contributed by atoms with Crippen molar-refractivity contribution in [1.82, 2.24) is 0 Å². The highest BCUT2D eigenvalue weighted by Gasteiger charge is 2.31. The fourth-order valence-corrected chi connectivity index (χ4v) is 11.4. The fraction of sp³-hybridized carbons (Fsp3) is 0.375. The van der Waals surface area contributed by atoms with Gasteiger partial charge in [-0.1, -0.05) is 234 Å². The molecule has 0 bridgehead atoms. The Morgan fingerprint density at radius 1 is 0.188 bits per heavy atom. The van der Waals surface area contributed by atoms with Crippen LogP contribution in [0.3, 0.4) is 0 Å². The quantitative estimate of drug-likeness (QED) is 0.105. The van der Waals surface area contributed by atoms with E-state index in [0.717, 1.165) is 0 Å². The number of rotatable bonds is 0. The normalized spacial score (nSPS) is 13.8. The molecule has 0 heteroatoms. The van der Waals surface area contributed by atoms with Crippen molar-refractivity contribution >= 4 is 86.2 Å². The maximum atomic E-state index is 2.42. The summed E-state index contributed by atoms with van der Waals surface area (Å²) >= 11 is 0. The summed E-state index contributed by atoms with van der Waals surface area (Å²) in [5.41, 5.74) is 9.16. The van der Waals surface area contributed by atoms with Gasteiger partial charge in [0.05, 0.1) is 0 Å². The van der Waals surface area contributed by atoms with Gasteiger partial charge in [-0.25, -0.2) is 0 Å². The van der Waals surface area contributed by atoms with E-state index in [1.807, 2.05) is 0 Å². The van der Waals surface area contributed by atoms with Crippen molar-refractivity contribution in [3.63, 3.8) is 0 Å². The van der Waals surface area contributed by atoms with Gasteiger partial charge in [0.1, 0.15) is 0 Å². The van der Waals surface area contributed by atoms with Crippen LogP contribution in [-0.4, -0.2) is 0 Å². The Balaban J connectivity index is 0.000000167. The first-order valence-electron chi connectivity index (χ1n) is 24.0. The summed E-state index contributed by atoms with van der Waals surface area (Å²) in [6.07, 6.45) is 0. The molecule has 0 aromatic heterocycles. The largest absolute Gasteiger partial charge is 0.0610 e. The molecule has 0 aliphatic heterocycles. The summed E-state index contributed by atoms with van der Waals surface area (Å²) in [4.78, 5) is 0. The zero-order valence-electron chi connectivity index (χ0n) is 42.4. The average Bonchev–Trinajstić information content (AvgIpc) is 3.18. The Labute approximate surface area is 384 Å². The van der Waals surface area contributed by atoms with Crippen LogP contribution in [0.25, 0.3) is 86.2 Å². The first kappa shape index (κ1) is 44.0. The van der Waals surface area contributed by atoms with E-state index in [9.17, 15) is 0 Å². The van der Waals surface area contributed by atoms with Gasteiger partial charge in [0.2, 0.25) is 0 Å². The van der Waals surface area contributed by atoms with E-state index < -0.39 is 0 Å². The van der Waals surface area contributed by atoms with Crippen molar-refractivity contribution in [1.29, 1.82) is 0 Å². The first-order chi connectivity index (χ1) is 29.6. The van der Waals surface area contributed by atoms with E-state index in [2.05, 4.69) is 234 Å². The van der Waals surface area contributed by atoms with E-state index in [1.165, 1.54) is 120 Å². The number of hydrogen-bond donors (Lipinski definition) is 0. The third-order valence-corrected chi connectivity index (χ3v) is 14.4. The zero-order chi connectivity index (χ0) is 46.4. The van der Waals surface area contributed by atoms with Gasteiger partial charge in [0.15, 0.2) is 0 Å². The van der Waals surface area contributed by atoms with Crippen LogP contribution in [0.4, 0.5) is 0 Å². The van der Waals surface area contributed by atoms with Crippen LogP contribution in [0.2, 0.25) is 0 Å². The highest BCUT2D eigenvalue weighted by Crippen LogP contribution is 2.50. The average molecular weight is 841 g/mol. The second-order valence-electron chi connectivity index (χ2n) is 25.4. The molecule has 10 aromatic rings. The van der Waals surface area contributed by atoms with Crippen molar-refractivity contribution in [2.75, 3.05) is 0 Å². The van der Waals surface area contributed by atoms with E-state index in [-0.39, 0.29) is 32.5 Å². The lowest BCUT2D eigenvalue weighted by Gasteiger charge is -2.31. The predicted octanol–water partition coefficient (Wildman–Crippen LogP) is 19.3.